The highest BCUT2D eigenvalue weighted by atomic mass is 32.2. The Morgan fingerprint density at radius 3 is 2.31 bits per heavy atom. The summed E-state index contributed by atoms with van der Waals surface area (Å²) in [6.07, 6.45) is 4.87. The second-order valence-corrected chi connectivity index (χ2v) is 8.89. The summed E-state index contributed by atoms with van der Waals surface area (Å²) in [4.78, 5) is 14.4. The molecule has 0 saturated carbocycles. The van der Waals surface area contributed by atoms with Crippen LogP contribution < -0.4 is 0 Å². The van der Waals surface area contributed by atoms with Crippen LogP contribution in [0.15, 0.2) is 48.8 Å². The largest absolute Gasteiger partial charge is 0.384 e. The van der Waals surface area contributed by atoms with E-state index in [4.69, 9.17) is 4.74 Å². The summed E-state index contributed by atoms with van der Waals surface area (Å²) in [7, 11) is -1.66. The van der Waals surface area contributed by atoms with Crippen molar-refractivity contribution in [3.8, 4) is 5.69 Å². The van der Waals surface area contributed by atoms with Gasteiger partial charge >= 0.3 is 0 Å². The molecule has 1 amide bonds. The molecular formula is C19H24N2O4S. The van der Waals surface area contributed by atoms with Gasteiger partial charge in [-0.1, -0.05) is 0 Å². The van der Waals surface area contributed by atoms with E-state index in [-0.39, 0.29) is 23.5 Å². The van der Waals surface area contributed by atoms with Crippen LogP contribution in [0.1, 0.15) is 23.2 Å². The molecule has 0 spiro atoms. The predicted octanol–water partition coefficient (Wildman–Crippen LogP) is 2.14. The quantitative estimate of drug-likeness (QED) is 0.775. The molecule has 0 atom stereocenters. The Morgan fingerprint density at radius 2 is 1.73 bits per heavy atom. The molecule has 0 aliphatic carbocycles. The first-order valence-corrected chi connectivity index (χ1v) is 10.5. The maximum atomic E-state index is 12.7. The van der Waals surface area contributed by atoms with E-state index in [0.717, 1.165) is 5.69 Å². The summed E-state index contributed by atoms with van der Waals surface area (Å²) in [5.41, 5.74) is 1.62. The molecule has 0 unspecified atom stereocenters. The average molecular weight is 376 g/mol. The molecule has 1 aliphatic rings. The molecule has 1 aliphatic heterocycles. The van der Waals surface area contributed by atoms with E-state index in [0.29, 0.717) is 31.5 Å². The predicted molar refractivity (Wildman–Crippen MR) is 100 cm³/mol. The minimum Gasteiger partial charge on any atom is -0.384 e. The molecule has 1 saturated heterocycles. The Hall–Kier alpha value is -2.12. The zero-order valence-corrected chi connectivity index (χ0v) is 15.7. The molecule has 1 aromatic carbocycles. The third-order valence-corrected chi connectivity index (χ3v) is 7.05. The molecule has 6 nitrogen and oxygen atoms in total. The molecule has 0 N–H and O–H groups in total. The Labute approximate surface area is 154 Å². The lowest BCUT2D eigenvalue weighted by molar-refractivity contribution is 0.0725. The van der Waals surface area contributed by atoms with Crippen LogP contribution in [0.5, 0.6) is 0 Å². The number of carbonyl (C=O) groups excluding carboxylic acids is 1. The third kappa shape index (κ3) is 4.16. The first-order valence-electron chi connectivity index (χ1n) is 8.74. The second kappa shape index (κ2) is 8.05. The van der Waals surface area contributed by atoms with Gasteiger partial charge in [-0.3, -0.25) is 4.79 Å². The van der Waals surface area contributed by atoms with Gasteiger partial charge in [0, 0.05) is 43.8 Å². The second-order valence-electron chi connectivity index (χ2n) is 6.49. The number of benzene rings is 1. The maximum absolute atomic E-state index is 12.7. The Balaban J connectivity index is 1.60. The van der Waals surface area contributed by atoms with Crippen LogP contribution >= 0.6 is 0 Å². The van der Waals surface area contributed by atoms with E-state index >= 15 is 0 Å². The van der Waals surface area contributed by atoms with Crippen molar-refractivity contribution >= 4 is 15.7 Å². The molecule has 26 heavy (non-hydrogen) atoms. The van der Waals surface area contributed by atoms with Crippen LogP contribution in [-0.2, 0) is 14.6 Å². The van der Waals surface area contributed by atoms with E-state index < -0.39 is 9.84 Å². The molecule has 1 fully saturated rings. The van der Waals surface area contributed by atoms with Crippen molar-refractivity contribution in [2.24, 2.45) is 0 Å². The molecule has 3 rings (SSSR count). The summed E-state index contributed by atoms with van der Waals surface area (Å²) in [5.74, 6) is -0.0000227. The Morgan fingerprint density at radius 1 is 1.12 bits per heavy atom. The van der Waals surface area contributed by atoms with E-state index in [1.165, 1.54) is 7.11 Å². The van der Waals surface area contributed by atoms with Crippen molar-refractivity contribution in [3.63, 3.8) is 0 Å². The first-order chi connectivity index (χ1) is 12.5. The van der Waals surface area contributed by atoms with Crippen molar-refractivity contribution in [2.75, 3.05) is 32.6 Å². The van der Waals surface area contributed by atoms with Gasteiger partial charge in [-0.25, -0.2) is 8.42 Å². The standard InChI is InChI=1S/C19H24N2O4S/c1-25-14-15-26(23,24)18-8-12-21(13-9-18)19(22)16-4-6-17(7-5-16)20-10-2-3-11-20/h2-7,10-11,18H,8-9,12-15H2,1H3. The van der Waals surface area contributed by atoms with Gasteiger partial charge in [0.05, 0.1) is 17.6 Å². The van der Waals surface area contributed by atoms with Gasteiger partial charge in [-0.2, -0.15) is 0 Å². The van der Waals surface area contributed by atoms with E-state index in [9.17, 15) is 13.2 Å². The van der Waals surface area contributed by atoms with Crippen LogP contribution in [0.3, 0.4) is 0 Å². The number of carbonyl (C=O) groups is 1. The monoisotopic (exact) mass is 376 g/mol. The van der Waals surface area contributed by atoms with Crippen molar-refractivity contribution in [2.45, 2.75) is 18.1 Å². The lowest BCUT2D eigenvalue weighted by Crippen LogP contribution is -2.43. The zero-order chi connectivity index (χ0) is 18.6. The van der Waals surface area contributed by atoms with Gasteiger partial charge in [0.1, 0.15) is 0 Å². The summed E-state index contributed by atoms with van der Waals surface area (Å²) < 4.78 is 31.4. The fourth-order valence-electron chi connectivity index (χ4n) is 3.25. The smallest absolute Gasteiger partial charge is 0.253 e. The van der Waals surface area contributed by atoms with Crippen molar-refractivity contribution in [3.05, 3.63) is 54.4 Å². The number of aromatic nitrogens is 1. The SMILES string of the molecule is COCCS(=O)(=O)C1CCN(C(=O)c2ccc(-n3cccc3)cc2)CC1. The number of piperidine rings is 1. The average Bonchev–Trinajstić information content (AvgIpc) is 3.21. The lowest BCUT2D eigenvalue weighted by atomic mass is 10.1. The van der Waals surface area contributed by atoms with Crippen LogP contribution in [0.25, 0.3) is 5.69 Å². The number of rotatable bonds is 6. The molecule has 2 heterocycles. The number of hydrogen-bond donors (Lipinski definition) is 0. The van der Waals surface area contributed by atoms with Gasteiger partial charge in [0.15, 0.2) is 9.84 Å². The van der Waals surface area contributed by atoms with E-state index in [2.05, 4.69) is 0 Å². The number of amides is 1. The topological polar surface area (TPSA) is 68.6 Å². The van der Waals surface area contributed by atoms with Crippen LogP contribution in [0.4, 0.5) is 0 Å². The van der Waals surface area contributed by atoms with Gasteiger partial charge < -0.3 is 14.2 Å². The number of likely N-dealkylation sites (tertiary alicyclic amines) is 1. The highest BCUT2D eigenvalue weighted by Gasteiger charge is 2.31. The lowest BCUT2D eigenvalue weighted by Gasteiger charge is -2.31. The molecule has 1 aromatic heterocycles. The summed E-state index contributed by atoms with van der Waals surface area (Å²) in [6, 6.07) is 11.4. The number of ether oxygens (including phenoxy) is 1. The minimum atomic E-state index is -3.16. The maximum Gasteiger partial charge on any atom is 0.253 e. The van der Waals surface area contributed by atoms with E-state index in [1.54, 1.807) is 4.90 Å². The fraction of sp³-hybridized carbons (Fsp3) is 0.421. The third-order valence-electron chi connectivity index (χ3n) is 4.83. The summed E-state index contributed by atoms with van der Waals surface area (Å²) in [5, 5.41) is -0.377. The number of sulfone groups is 1. The zero-order valence-electron chi connectivity index (χ0n) is 14.9. The van der Waals surface area contributed by atoms with Crippen LogP contribution in [0.2, 0.25) is 0 Å². The highest BCUT2D eigenvalue weighted by molar-refractivity contribution is 7.92. The van der Waals surface area contributed by atoms with Crippen LogP contribution in [-0.4, -0.2) is 61.6 Å². The van der Waals surface area contributed by atoms with Gasteiger partial charge in [0.25, 0.3) is 5.91 Å². The fourth-order valence-corrected chi connectivity index (χ4v) is 4.91. The highest BCUT2D eigenvalue weighted by Crippen LogP contribution is 2.21. The Kier molecular flexibility index (Phi) is 5.78. The normalized spacial score (nSPS) is 16.0. The number of hydrogen-bond acceptors (Lipinski definition) is 4. The molecule has 140 valence electrons. The number of nitrogens with zero attached hydrogens (tertiary/aromatic N) is 2. The molecule has 0 radical (unpaired) electrons. The summed E-state index contributed by atoms with van der Waals surface area (Å²) in [6.45, 7) is 1.15. The van der Waals surface area contributed by atoms with Gasteiger partial charge in [0.2, 0.25) is 0 Å². The first kappa shape index (κ1) is 18.7. The van der Waals surface area contributed by atoms with Gasteiger partial charge in [-0.15, -0.1) is 0 Å². The van der Waals surface area contributed by atoms with Crippen molar-refractivity contribution in [1.29, 1.82) is 0 Å². The van der Waals surface area contributed by atoms with E-state index in [1.807, 2.05) is 53.4 Å². The molecule has 0 bridgehead atoms. The molecule has 7 heteroatoms. The van der Waals surface area contributed by atoms with Crippen molar-refractivity contribution in [1.82, 2.24) is 9.47 Å². The summed E-state index contributed by atoms with van der Waals surface area (Å²) >= 11 is 0. The molecule has 2 aromatic rings. The molecular weight excluding hydrogens is 352 g/mol. The minimum absolute atomic E-state index is 0.0446. The number of methoxy groups -OCH3 is 1. The van der Waals surface area contributed by atoms with Crippen molar-refractivity contribution < 1.29 is 17.9 Å². The van der Waals surface area contributed by atoms with Crippen LogP contribution in [0, 0.1) is 0 Å². The Bertz CT molecular complexity index is 821. The van der Waals surface area contributed by atoms with Gasteiger partial charge in [-0.05, 0) is 49.2 Å².